The number of rotatable bonds is 11. The predicted octanol–water partition coefficient (Wildman–Crippen LogP) is 4.67. The van der Waals surface area contributed by atoms with Gasteiger partial charge in [0.1, 0.15) is 0 Å². The minimum absolute atomic E-state index is 0.316. The Morgan fingerprint density at radius 1 is 0.882 bits per heavy atom. The number of aliphatic hydroxyl groups is 1. The molecule has 0 aromatic heterocycles. The molecule has 3 heteroatoms. The van der Waals surface area contributed by atoms with Gasteiger partial charge in [0.2, 0.25) is 0 Å². The van der Waals surface area contributed by atoms with Crippen LogP contribution in [0.25, 0.3) is 0 Å². The molecule has 0 aromatic rings. The Balaban J connectivity index is 4.63. The molecule has 0 aliphatic heterocycles. The summed E-state index contributed by atoms with van der Waals surface area (Å²) in [5.41, 5.74) is 0. The van der Waals surface area contributed by atoms with Crippen LogP contribution in [0.4, 0.5) is 0 Å². The molecular formula is C14H32OSSn. The normalized spacial score (nSPS) is 13.9. The van der Waals surface area contributed by atoms with Crippen molar-refractivity contribution in [3.63, 3.8) is 0 Å². The van der Waals surface area contributed by atoms with Crippen LogP contribution in [0.1, 0.15) is 59.3 Å². The predicted molar refractivity (Wildman–Crippen MR) is 84.8 cm³/mol. The fourth-order valence-corrected chi connectivity index (χ4v) is 20.4. The third kappa shape index (κ3) is 6.72. The van der Waals surface area contributed by atoms with Crippen molar-refractivity contribution in [1.82, 2.24) is 0 Å². The van der Waals surface area contributed by atoms with Gasteiger partial charge in [-0.1, -0.05) is 0 Å². The molecule has 0 heterocycles. The molecule has 0 aliphatic carbocycles. The Labute approximate surface area is 118 Å². The van der Waals surface area contributed by atoms with Crippen molar-refractivity contribution in [3.8, 4) is 0 Å². The van der Waals surface area contributed by atoms with Crippen LogP contribution in [0.15, 0.2) is 0 Å². The Morgan fingerprint density at radius 2 is 1.24 bits per heavy atom. The SMILES string of the molecule is CCC[CH2][Sn]([CH2]CCC)([CH2]CCC)[CH](S)CO. The number of hydrogen-bond donors (Lipinski definition) is 2. The minimum atomic E-state index is -2.18. The first-order valence-electron chi connectivity index (χ1n) is 7.45. The van der Waals surface area contributed by atoms with Gasteiger partial charge in [-0.3, -0.25) is 0 Å². The van der Waals surface area contributed by atoms with Crippen LogP contribution in [0.2, 0.25) is 13.3 Å². The average Bonchev–Trinajstić information content (AvgIpc) is 2.37. The standard InChI is InChI=1S/3C4H9.C2H5OS.Sn/c3*1-3-4-2;3-1-2-4;/h3*1,3-4H2,2H3;2-4H,1H2;. The van der Waals surface area contributed by atoms with E-state index in [0.29, 0.717) is 9.87 Å². The average molecular weight is 367 g/mol. The Morgan fingerprint density at radius 3 is 1.47 bits per heavy atom. The molecule has 0 spiro atoms. The number of unbranched alkanes of at least 4 members (excludes halogenated alkanes) is 3. The molecule has 0 rings (SSSR count). The first-order chi connectivity index (χ1) is 8.16. The van der Waals surface area contributed by atoms with Crippen LogP contribution in [0.5, 0.6) is 0 Å². The van der Waals surface area contributed by atoms with Gasteiger partial charge < -0.3 is 0 Å². The monoisotopic (exact) mass is 368 g/mol. The molecule has 0 radical (unpaired) electrons. The summed E-state index contributed by atoms with van der Waals surface area (Å²) in [5.74, 6) is 0. The van der Waals surface area contributed by atoms with Gasteiger partial charge >= 0.3 is 119 Å². The number of hydrogen-bond acceptors (Lipinski definition) is 2. The third-order valence-corrected chi connectivity index (χ3v) is 23.9. The van der Waals surface area contributed by atoms with Crippen LogP contribution >= 0.6 is 12.6 Å². The van der Waals surface area contributed by atoms with E-state index < -0.39 is 18.4 Å². The van der Waals surface area contributed by atoms with Crippen LogP contribution in [-0.4, -0.2) is 33.4 Å². The molecule has 1 atom stereocenters. The zero-order chi connectivity index (χ0) is 13.1. The van der Waals surface area contributed by atoms with Crippen LogP contribution in [0, 0.1) is 0 Å². The quantitative estimate of drug-likeness (QED) is 0.402. The summed E-state index contributed by atoms with van der Waals surface area (Å²) in [6.07, 6.45) is 7.97. The Bertz CT molecular complexity index is 154. The first-order valence-corrected chi connectivity index (χ1v) is 15.7. The van der Waals surface area contributed by atoms with E-state index >= 15 is 0 Å². The fraction of sp³-hybridized carbons (Fsp3) is 1.00. The molecule has 104 valence electrons. The van der Waals surface area contributed by atoms with Crippen molar-refractivity contribution in [3.05, 3.63) is 0 Å². The molecule has 0 fully saturated rings. The molecule has 1 nitrogen and oxygen atoms in total. The second kappa shape index (κ2) is 11.0. The molecule has 1 unspecified atom stereocenters. The van der Waals surface area contributed by atoms with Crippen LogP contribution in [0.3, 0.4) is 0 Å². The Hall–Kier alpha value is 1.11. The van der Waals surface area contributed by atoms with Gasteiger partial charge in [0, 0.05) is 0 Å². The van der Waals surface area contributed by atoms with Crippen molar-refractivity contribution in [2.75, 3.05) is 6.61 Å². The fourth-order valence-electron chi connectivity index (χ4n) is 2.66. The van der Waals surface area contributed by atoms with Gasteiger partial charge in [-0.15, -0.1) is 0 Å². The zero-order valence-corrected chi connectivity index (χ0v) is 15.8. The van der Waals surface area contributed by atoms with Crippen LogP contribution in [-0.2, 0) is 0 Å². The van der Waals surface area contributed by atoms with Crippen LogP contribution < -0.4 is 0 Å². The maximum atomic E-state index is 9.54. The maximum absolute atomic E-state index is 9.54. The third-order valence-electron chi connectivity index (χ3n) is 3.96. The molecule has 0 aliphatic rings. The molecule has 0 amide bonds. The molecule has 17 heavy (non-hydrogen) atoms. The summed E-state index contributed by atoms with van der Waals surface area (Å²) in [6, 6.07) is 0. The van der Waals surface area contributed by atoms with Crippen molar-refractivity contribution < 1.29 is 5.11 Å². The number of aliphatic hydroxyl groups excluding tert-OH is 1. The summed E-state index contributed by atoms with van der Waals surface area (Å²) in [6.45, 7) is 7.16. The van der Waals surface area contributed by atoms with E-state index in [9.17, 15) is 5.11 Å². The van der Waals surface area contributed by atoms with E-state index in [4.69, 9.17) is 12.6 Å². The molecule has 0 aromatic carbocycles. The second-order valence-electron chi connectivity index (χ2n) is 5.37. The van der Waals surface area contributed by atoms with Crippen molar-refractivity contribution in [1.29, 1.82) is 0 Å². The van der Waals surface area contributed by atoms with Gasteiger partial charge in [0.15, 0.2) is 0 Å². The summed E-state index contributed by atoms with van der Waals surface area (Å²) in [5, 5.41) is 9.54. The topological polar surface area (TPSA) is 20.2 Å². The van der Waals surface area contributed by atoms with E-state index in [1.54, 1.807) is 0 Å². The number of thiol groups is 1. The molecular weight excluding hydrogens is 335 g/mol. The summed E-state index contributed by atoms with van der Waals surface area (Å²) >= 11 is 2.59. The van der Waals surface area contributed by atoms with Gasteiger partial charge in [-0.05, 0) is 0 Å². The van der Waals surface area contributed by atoms with E-state index in [2.05, 4.69) is 20.8 Å². The van der Waals surface area contributed by atoms with Gasteiger partial charge in [0.25, 0.3) is 0 Å². The summed E-state index contributed by atoms with van der Waals surface area (Å²) in [4.78, 5) is 0. The summed E-state index contributed by atoms with van der Waals surface area (Å²) in [7, 11) is 0. The molecule has 0 bridgehead atoms. The first kappa shape index (κ1) is 18.1. The van der Waals surface area contributed by atoms with Gasteiger partial charge in [0.05, 0.1) is 0 Å². The molecule has 0 saturated carbocycles. The van der Waals surface area contributed by atoms with E-state index in [1.807, 2.05) is 0 Å². The van der Waals surface area contributed by atoms with Gasteiger partial charge in [-0.2, -0.15) is 0 Å². The molecule has 1 N–H and O–H groups in total. The van der Waals surface area contributed by atoms with E-state index in [-0.39, 0.29) is 0 Å². The van der Waals surface area contributed by atoms with E-state index in [0.717, 1.165) is 0 Å². The van der Waals surface area contributed by atoms with Crippen molar-refractivity contribution >= 4 is 31.0 Å². The summed E-state index contributed by atoms with van der Waals surface area (Å²) < 4.78 is 4.70. The van der Waals surface area contributed by atoms with Gasteiger partial charge in [-0.25, -0.2) is 0 Å². The molecule has 0 saturated heterocycles. The van der Waals surface area contributed by atoms with E-state index in [1.165, 1.54) is 51.8 Å². The Kier molecular flexibility index (Phi) is 11.7. The zero-order valence-electron chi connectivity index (χ0n) is 12.0. The van der Waals surface area contributed by atoms with Crippen molar-refractivity contribution in [2.45, 2.75) is 75.9 Å². The van der Waals surface area contributed by atoms with Crippen molar-refractivity contribution in [2.24, 2.45) is 0 Å². The second-order valence-corrected chi connectivity index (χ2v) is 21.4.